The predicted molar refractivity (Wildman–Crippen MR) is 71.6 cm³/mol. The minimum Gasteiger partial charge on any atom is -0.229 e. The number of rotatable bonds is 3. The summed E-state index contributed by atoms with van der Waals surface area (Å²) in [5, 5.41) is -0.741. The van der Waals surface area contributed by atoms with E-state index >= 15 is 0 Å². The highest BCUT2D eigenvalue weighted by Crippen LogP contribution is 2.38. The van der Waals surface area contributed by atoms with Crippen molar-refractivity contribution in [3.63, 3.8) is 0 Å². The molecule has 0 aliphatic carbocycles. The quantitative estimate of drug-likeness (QED) is 0.784. The Balaban J connectivity index is 3.21. The van der Waals surface area contributed by atoms with Crippen LogP contribution >= 0.6 is 27.5 Å². The molecule has 0 saturated heterocycles. The van der Waals surface area contributed by atoms with E-state index in [1.807, 2.05) is 0 Å². The van der Waals surface area contributed by atoms with Crippen molar-refractivity contribution in [2.24, 2.45) is 0 Å². The number of halogens is 3. The molecule has 0 aromatic heterocycles. The summed E-state index contributed by atoms with van der Waals surface area (Å²) in [4.78, 5) is 0. The molecule has 1 aromatic rings. The molecular formula is C11H13BrClFO2S. The van der Waals surface area contributed by atoms with Crippen molar-refractivity contribution >= 4 is 37.4 Å². The van der Waals surface area contributed by atoms with Crippen LogP contribution in [0.3, 0.4) is 0 Å². The molecule has 0 heterocycles. The van der Waals surface area contributed by atoms with Gasteiger partial charge in [-0.3, -0.25) is 0 Å². The van der Waals surface area contributed by atoms with E-state index in [0.717, 1.165) is 6.26 Å². The maximum absolute atomic E-state index is 13.1. The lowest BCUT2D eigenvalue weighted by atomic mass is 10.0. The van der Waals surface area contributed by atoms with Crippen LogP contribution in [-0.2, 0) is 9.84 Å². The summed E-state index contributed by atoms with van der Waals surface area (Å²) in [7, 11) is -3.31. The molecule has 6 heteroatoms. The predicted octanol–water partition coefficient (Wildman–Crippen LogP) is 3.69. The Labute approximate surface area is 114 Å². The van der Waals surface area contributed by atoms with Crippen molar-refractivity contribution in [2.75, 3.05) is 6.26 Å². The normalized spacial score (nSPS) is 14.7. The van der Waals surface area contributed by atoms with E-state index in [1.165, 1.54) is 18.2 Å². The van der Waals surface area contributed by atoms with Crippen LogP contribution in [0.5, 0.6) is 0 Å². The van der Waals surface area contributed by atoms with E-state index in [2.05, 4.69) is 15.9 Å². The fraction of sp³-hybridized carbons (Fsp3) is 0.455. The van der Waals surface area contributed by atoms with Crippen molar-refractivity contribution in [3.05, 3.63) is 34.1 Å². The van der Waals surface area contributed by atoms with E-state index < -0.39 is 25.8 Å². The Hall–Kier alpha value is -0.130. The van der Waals surface area contributed by atoms with Crippen LogP contribution in [0.1, 0.15) is 24.8 Å². The molecule has 0 radical (unpaired) electrons. The summed E-state index contributed by atoms with van der Waals surface area (Å²) >= 11 is 9.23. The largest absolute Gasteiger partial charge is 0.229 e. The third-order valence-electron chi connectivity index (χ3n) is 2.80. The smallest absolute Gasteiger partial charge is 0.154 e. The van der Waals surface area contributed by atoms with Gasteiger partial charge in [-0.2, -0.15) is 0 Å². The van der Waals surface area contributed by atoms with E-state index in [1.54, 1.807) is 13.8 Å². The summed E-state index contributed by atoms with van der Waals surface area (Å²) in [5.41, 5.74) is 0.565. The molecule has 17 heavy (non-hydrogen) atoms. The fourth-order valence-electron chi connectivity index (χ4n) is 1.26. The highest BCUT2D eigenvalue weighted by atomic mass is 79.9. The fourth-order valence-corrected chi connectivity index (χ4v) is 2.79. The van der Waals surface area contributed by atoms with Gasteiger partial charge in [0.1, 0.15) is 5.82 Å². The zero-order valence-corrected chi connectivity index (χ0v) is 12.8. The standard InChI is InChI=1S/C11H13BrClFO2S/c1-11(2,17(3,15)16)10(13)7-4-5-9(14)8(12)6-7/h4-6,10H,1-3H3. The molecule has 1 unspecified atom stereocenters. The molecule has 2 nitrogen and oxygen atoms in total. The molecule has 1 rings (SSSR count). The second-order valence-corrected chi connectivity index (χ2v) is 8.30. The molecule has 96 valence electrons. The van der Waals surface area contributed by atoms with Gasteiger partial charge in [-0.05, 0) is 47.5 Å². The maximum atomic E-state index is 13.1. The molecule has 0 spiro atoms. The van der Waals surface area contributed by atoms with Crippen LogP contribution in [0.15, 0.2) is 22.7 Å². The second kappa shape index (κ2) is 4.86. The number of sulfone groups is 1. The molecule has 0 aliphatic heterocycles. The molecule has 0 saturated carbocycles. The van der Waals surface area contributed by atoms with Crippen molar-refractivity contribution in [1.82, 2.24) is 0 Å². The summed E-state index contributed by atoms with van der Waals surface area (Å²) in [6.07, 6.45) is 1.14. The van der Waals surface area contributed by atoms with E-state index in [0.29, 0.717) is 5.56 Å². The molecule has 0 bridgehead atoms. The lowest BCUT2D eigenvalue weighted by Crippen LogP contribution is -2.35. The summed E-state index contributed by atoms with van der Waals surface area (Å²) in [6, 6.07) is 4.25. The monoisotopic (exact) mass is 342 g/mol. The molecule has 1 aromatic carbocycles. The van der Waals surface area contributed by atoms with Crippen LogP contribution in [0.2, 0.25) is 0 Å². The lowest BCUT2D eigenvalue weighted by Gasteiger charge is -2.28. The first-order chi connectivity index (χ1) is 7.57. The van der Waals surface area contributed by atoms with Gasteiger partial charge in [-0.15, -0.1) is 11.6 Å². The summed E-state index contributed by atoms with van der Waals surface area (Å²) in [5.74, 6) is -0.408. The Morgan fingerprint density at radius 3 is 2.35 bits per heavy atom. The molecule has 0 amide bonds. The van der Waals surface area contributed by atoms with E-state index in [-0.39, 0.29) is 4.47 Å². The topological polar surface area (TPSA) is 34.1 Å². The number of hydrogen-bond donors (Lipinski definition) is 0. The maximum Gasteiger partial charge on any atom is 0.154 e. The first-order valence-electron chi connectivity index (χ1n) is 4.86. The van der Waals surface area contributed by atoms with Gasteiger partial charge in [-0.25, -0.2) is 12.8 Å². The Kier molecular flexibility index (Phi) is 4.27. The van der Waals surface area contributed by atoms with Crippen LogP contribution in [0, 0.1) is 5.82 Å². The van der Waals surface area contributed by atoms with Gasteiger partial charge in [0.2, 0.25) is 0 Å². The van der Waals surface area contributed by atoms with Gasteiger partial charge < -0.3 is 0 Å². The highest BCUT2D eigenvalue weighted by Gasteiger charge is 2.39. The third-order valence-corrected chi connectivity index (χ3v) is 6.48. The van der Waals surface area contributed by atoms with Gasteiger partial charge >= 0.3 is 0 Å². The van der Waals surface area contributed by atoms with Crippen LogP contribution in [0.25, 0.3) is 0 Å². The third kappa shape index (κ3) is 3.01. The molecule has 0 aliphatic rings. The summed E-state index contributed by atoms with van der Waals surface area (Å²) in [6.45, 7) is 3.11. The highest BCUT2D eigenvalue weighted by molar-refractivity contribution is 9.10. The first kappa shape index (κ1) is 14.9. The average Bonchev–Trinajstić information content (AvgIpc) is 2.19. The summed E-state index contributed by atoms with van der Waals surface area (Å²) < 4.78 is 35.5. The number of benzene rings is 1. The van der Waals surface area contributed by atoms with Crippen molar-refractivity contribution in [1.29, 1.82) is 0 Å². The van der Waals surface area contributed by atoms with E-state index in [9.17, 15) is 12.8 Å². The Morgan fingerprint density at radius 1 is 1.41 bits per heavy atom. The van der Waals surface area contributed by atoms with Crippen molar-refractivity contribution in [2.45, 2.75) is 24.0 Å². The SMILES string of the molecule is CC(C)(C(Cl)c1ccc(F)c(Br)c1)S(C)(=O)=O. The zero-order valence-electron chi connectivity index (χ0n) is 9.67. The van der Waals surface area contributed by atoms with Gasteiger partial charge in [0.25, 0.3) is 0 Å². The molecule has 0 fully saturated rings. The van der Waals surface area contributed by atoms with Crippen LogP contribution < -0.4 is 0 Å². The van der Waals surface area contributed by atoms with Crippen molar-refractivity contribution < 1.29 is 12.8 Å². The van der Waals surface area contributed by atoms with Crippen molar-refractivity contribution in [3.8, 4) is 0 Å². The van der Waals surface area contributed by atoms with E-state index in [4.69, 9.17) is 11.6 Å². The molecule has 0 N–H and O–H groups in total. The minimum absolute atomic E-state index is 0.268. The van der Waals surface area contributed by atoms with Gasteiger partial charge in [-0.1, -0.05) is 6.07 Å². The van der Waals surface area contributed by atoms with Crippen LogP contribution in [0.4, 0.5) is 4.39 Å². The number of hydrogen-bond acceptors (Lipinski definition) is 2. The van der Waals surface area contributed by atoms with Gasteiger partial charge in [0.15, 0.2) is 9.84 Å². The average molecular weight is 344 g/mol. The van der Waals surface area contributed by atoms with Gasteiger partial charge in [0.05, 0.1) is 14.6 Å². The number of alkyl halides is 1. The Bertz CT molecular complexity index is 528. The minimum atomic E-state index is -3.31. The first-order valence-corrected chi connectivity index (χ1v) is 7.98. The Morgan fingerprint density at radius 2 is 1.94 bits per heavy atom. The van der Waals surface area contributed by atoms with Gasteiger partial charge in [0, 0.05) is 6.26 Å². The second-order valence-electron chi connectivity index (χ2n) is 4.41. The molecule has 1 atom stereocenters. The zero-order chi connectivity index (χ0) is 13.4. The van der Waals surface area contributed by atoms with Crippen LogP contribution in [-0.4, -0.2) is 19.4 Å². The molecular weight excluding hydrogens is 331 g/mol. The lowest BCUT2D eigenvalue weighted by molar-refractivity contribution is 0.543.